The molecular formula is C25H33N7O2. The lowest BCUT2D eigenvalue weighted by Crippen LogP contribution is -2.43. The van der Waals surface area contributed by atoms with Crippen LogP contribution in [0.1, 0.15) is 36.7 Å². The van der Waals surface area contributed by atoms with Gasteiger partial charge in [0.2, 0.25) is 5.95 Å². The molecule has 1 aliphatic carbocycles. The van der Waals surface area contributed by atoms with Gasteiger partial charge >= 0.3 is 0 Å². The molecule has 1 saturated heterocycles. The Balaban J connectivity index is 1.49. The van der Waals surface area contributed by atoms with Crippen LogP contribution in [-0.4, -0.2) is 72.7 Å². The molecule has 3 aromatic rings. The van der Waals surface area contributed by atoms with Gasteiger partial charge in [-0.05, 0) is 44.4 Å². The normalized spacial score (nSPS) is 17.4. The summed E-state index contributed by atoms with van der Waals surface area (Å²) < 4.78 is 7.82. The SMILES string of the molecule is COc1cc(Nc2ncc3cc(C(=O)N(C)C)n(C4(C)CCC4)c3n2)ccc1N1CCNCC1. The Morgan fingerprint density at radius 1 is 1.21 bits per heavy atom. The fourth-order valence-corrected chi connectivity index (χ4v) is 4.95. The number of fused-ring (bicyclic) bond motifs is 1. The second-order valence-corrected chi connectivity index (χ2v) is 9.64. The number of hydrogen-bond acceptors (Lipinski definition) is 7. The highest BCUT2D eigenvalue weighted by Crippen LogP contribution is 2.42. The topological polar surface area (TPSA) is 87.5 Å². The number of piperazine rings is 1. The standard InChI is InChI=1S/C25H33N7O2/c1-25(8-5-9-25)32-20(23(33)30(2)3)14-17-16-27-24(29-22(17)32)28-18-6-7-19(21(15-18)34-4)31-12-10-26-11-13-31/h6-7,14-16,26H,5,8-13H2,1-4H3,(H,27,28,29). The van der Waals surface area contributed by atoms with E-state index in [1.807, 2.05) is 18.2 Å². The molecule has 2 aliphatic rings. The second-order valence-electron chi connectivity index (χ2n) is 9.64. The molecule has 2 aromatic heterocycles. The molecule has 0 radical (unpaired) electrons. The minimum atomic E-state index is -0.109. The summed E-state index contributed by atoms with van der Waals surface area (Å²) in [5, 5.41) is 7.59. The van der Waals surface area contributed by atoms with Gasteiger partial charge in [0.15, 0.2) is 0 Å². The Morgan fingerprint density at radius 3 is 2.62 bits per heavy atom. The first-order valence-corrected chi connectivity index (χ1v) is 11.9. The highest BCUT2D eigenvalue weighted by molar-refractivity contribution is 5.98. The molecule has 5 rings (SSSR count). The maximum atomic E-state index is 12.9. The molecule has 0 spiro atoms. The number of nitrogens with zero attached hydrogens (tertiary/aromatic N) is 5. The van der Waals surface area contributed by atoms with Crippen molar-refractivity contribution in [2.45, 2.75) is 31.7 Å². The average molecular weight is 464 g/mol. The van der Waals surface area contributed by atoms with Gasteiger partial charge in [-0.3, -0.25) is 4.79 Å². The summed E-state index contributed by atoms with van der Waals surface area (Å²) in [5.41, 5.74) is 3.28. The second kappa shape index (κ2) is 8.79. The van der Waals surface area contributed by atoms with Crippen LogP contribution in [0.4, 0.5) is 17.3 Å². The number of carbonyl (C=O) groups excluding carboxylic acids is 1. The van der Waals surface area contributed by atoms with Crippen molar-refractivity contribution in [1.29, 1.82) is 0 Å². The molecule has 0 bridgehead atoms. The van der Waals surface area contributed by atoms with Crippen LogP contribution >= 0.6 is 0 Å². The van der Waals surface area contributed by atoms with E-state index in [2.05, 4.69) is 38.1 Å². The van der Waals surface area contributed by atoms with E-state index in [-0.39, 0.29) is 11.4 Å². The number of amides is 1. The van der Waals surface area contributed by atoms with Gasteiger partial charge in [0.1, 0.15) is 17.1 Å². The summed E-state index contributed by atoms with van der Waals surface area (Å²) >= 11 is 0. The molecule has 1 aliphatic heterocycles. The highest BCUT2D eigenvalue weighted by atomic mass is 16.5. The number of ether oxygens (including phenoxy) is 1. The Labute approximate surface area is 200 Å². The molecule has 2 N–H and O–H groups in total. The van der Waals surface area contributed by atoms with Crippen molar-refractivity contribution in [3.8, 4) is 5.75 Å². The third kappa shape index (κ3) is 3.94. The van der Waals surface area contributed by atoms with Crippen LogP contribution < -0.4 is 20.3 Å². The van der Waals surface area contributed by atoms with E-state index >= 15 is 0 Å². The van der Waals surface area contributed by atoms with Crippen LogP contribution in [0.2, 0.25) is 0 Å². The van der Waals surface area contributed by atoms with E-state index in [4.69, 9.17) is 9.72 Å². The molecule has 34 heavy (non-hydrogen) atoms. The number of rotatable bonds is 6. The number of methoxy groups -OCH3 is 1. The zero-order valence-corrected chi connectivity index (χ0v) is 20.4. The van der Waals surface area contributed by atoms with Gasteiger partial charge in [0.25, 0.3) is 5.91 Å². The van der Waals surface area contributed by atoms with Gasteiger partial charge in [0.05, 0.1) is 12.8 Å². The molecule has 2 fully saturated rings. The molecule has 180 valence electrons. The smallest absolute Gasteiger partial charge is 0.270 e. The molecule has 9 heteroatoms. The maximum absolute atomic E-state index is 12.9. The zero-order chi connectivity index (χ0) is 23.9. The van der Waals surface area contributed by atoms with Crippen LogP contribution in [0.5, 0.6) is 5.75 Å². The van der Waals surface area contributed by atoms with Crippen molar-refractivity contribution in [1.82, 2.24) is 24.8 Å². The van der Waals surface area contributed by atoms with Gasteiger partial charge in [0, 0.05) is 69.2 Å². The van der Waals surface area contributed by atoms with Crippen molar-refractivity contribution in [2.24, 2.45) is 0 Å². The number of anilines is 3. The van der Waals surface area contributed by atoms with Gasteiger partial charge in [-0.1, -0.05) is 0 Å². The van der Waals surface area contributed by atoms with Crippen molar-refractivity contribution in [2.75, 3.05) is 57.6 Å². The number of aromatic nitrogens is 3. The molecule has 9 nitrogen and oxygen atoms in total. The van der Waals surface area contributed by atoms with E-state index in [9.17, 15) is 4.79 Å². The number of nitrogens with one attached hydrogen (secondary N) is 2. The Bertz CT molecular complexity index is 1210. The lowest BCUT2D eigenvalue weighted by molar-refractivity contribution is 0.0793. The quantitative estimate of drug-likeness (QED) is 0.580. The predicted molar refractivity (Wildman–Crippen MR) is 134 cm³/mol. The van der Waals surface area contributed by atoms with Crippen LogP contribution in [0, 0.1) is 0 Å². The van der Waals surface area contributed by atoms with Crippen molar-refractivity contribution >= 4 is 34.3 Å². The third-order valence-electron chi connectivity index (χ3n) is 7.03. The fraction of sp³-hybridized carbons (Fsp3) is 0.480. The number of benzene rings is 1. The van der Waals surface area contributed by atoms with Crippen molar-refractivity contribution < 1.29 is 9.53 Å². The van der Waals surface area contributed by atoms with Gasteiger partial charge in [-0.2, -0.15) is 4.98 Å². The largest absolute Gasteiger partial charge is 0.495 e. The molecule has 1 aromatic carbocycles. The molecular weight excluding hydrogens is 430 g/mol. The van der Waals surface area contributed by atoms with Crippen LogP contribution in [0.3, 0.4) is 0 Å². The van der Waals surface area contributed by atoms with E-state index in [1.165, 1.54) is 0 Å². The van der Waals surface area contributed by atoms with Crippen LogP contribution in [0.15, 0.2) is 30.5 Å². The molecule has 3 heterocycles. The van der Waals surface area contributed by atoms with Gasteiger partial charge < -0.3 is 29.7 Å². The lowest BCUT2D eigenvalue weighted by atomic mass is 9.78. The third-order valence-corrected chi connectivity index (χ3v) is 7.03. The van der Waals surface area contributed by atoms with Gasteiger partial charge in [-0.25, -0.2) is 4.98 Å². The summed E-state index contributed by atoms with van der Waals surface area (Å²) in [5.74, 6) is 1.29. The summed E-state index contributed by atoms with van der Waals surface area (Å²) in [4.78, 5) is 26.3. The first-order chi connectivity index (χ1) is 16.4. The number of hydrogen-bond donors (Lipinski definition) is 2. The first kappa shape index (κ1) is 22.5. The Kier molecular flexibility index (Phi) is 5.81. The zero-order valence-electron chi connectivity index (χ0n) is 20.4. The van der Waals surface area contributed by atoms with E-state index in [0.29, 0.717) is 11.6 Å². The molecule has 0 unspecified atom stereocenters. The summed E-state index contributed by atoms with van der Waals surface area (Å²) in [6.45, 7) is 6.04. The van der Waals surface area contributed by atoms with Crippen molar-refractivity contribution in [3.05, 3.63) is 36.2 Å². The monoisotopic (exact) mass is 463 g/mol. The summed E-state index contributed by atoms with van der Waals surface area (Å²) in [7, 11) is 5.26. The highest BCUT2D eigenvalue weighted by Gasteiger charge is 2.38. The Hall–Kier alpha value is -3.33. The van der Waals surface area contributed by atoms with Crippen LogP contribution in [0.25, 0.3) is 11.0 Å². The van der Waals surface area contributed by atoms with E-state index in [0.717, 1.165) is 73.6 Å². The summed E-state index contributed by atoms with van der Waals surface area (Å²) in [6.07, 6.45) is 5.01. The summed E-state index contributed by atoms with van der Waals surface area (Å²) in [6, 6.07) is 8.01. The minimum absolute atomic E-state index is 0.0196. The molecule has 1 amide bonds. The van der Waals surface area contributed by atoms with Gasteiger partial charge in [-0.15, -0.1) is 0 Å². The maximum Gasteiger partial charge on any atom is 0.270 e. The number of carbonyl (C=O) groups is 1. The van der Waals surface area contributed by atoms with E-state index in [1.54, 1.807) is 32.3 Å². The van der Waals surface area contributed by atoms with Crippen molar-refractivity contribution in [3.63, 3.8) is 0 Å². The Morgan fingerprint density at radius 2 is 1.97 bits per heavy atom. The fourth-order valence-electron chi connectivity index (χ4n) is 4.95. The average Bonchev–Trinajstić information content (AvgIpc) is 3.21. The molecule has 1 saturated carbocycles. The lowest BCUT2D eigenvalue weighted by Gasteiger charge is -2.41. The van der Waals surface area contributed by atoms with E-state index < -0.39 is 0 Å². The molecule has 0 atom stereocenters. The first-order valence-electron chi connectivity index (χ1n) is 11.9. The minimum Gasteiger partial charge on any atom is -0.495 e. The van der Waals surface area contributed by atoms with Crippen LogP contribution in [-0.2, 0) is 5.54 Å². The predicted octanol–water partition coefficient (Wildman–Crippen LogP) is 3.19.